The van der Waals surface area contributed by atoms with Crippen molar-refractivity contribution in [3.8, 4) is 0 Å². The summed E-state index contributed by atoms with van der Waals surface area (Å²) in [6.45, 7) is 4.64. The maximum atomic E-state index is 11.6. The van der Waals surface area contributed by atoms with E-state index in [9.17, 15) is 9.59 Å². The van der Waals surface area contributed by atoms with Gasteiger partial charge in [0.2, 0.25) is 11.8 Å². The lowest BCUT2D eigenvalue weighted by Crippen LogP contribution is -2.20. The van der Waals surface area contributed by atoms with Crippen LogP contribution in [-0.2, 0) is 16.1 Å². The maximum absolute atomic E-state index is 11.6. The molecular formula is C11H18N4O2. The van der Waals surface area contributed by atoms with Crippen molar-refractivity contribution >= 4 is 17.5 Å². The predicted molar refractivity (Wildman–Crippen MR) is 64.6 cm³/mol. The average Bonchev–Trinajstić information content (AvgIpc) is 2.67. The second kappa shape index (κ2) is 6.03. The minimum absolute atomic E-state index is 0.138. The van der Waals surface area contributed by atoms with E-state index < -0.39 is 0 Å². The molecule has 1 aromatic heterocycles. The lowest BCUT2D eigenvalue weighted by atomic mass is 10.2. The standard InChI is InChI=1S/C11H18N4O2/c1-4-15-8(2)9(7-13-15)14-11(17)6-5-10(16)12-3/h7H,4-6H2,1-3H3,(H,12,16)(H,14,17). The van der Waals surface area contributed by atoms with Crippen LogP contribution in [0.4, 0.5) is 5.69 Å². The van der Waals surface area contributed by atoms with Crippen molar-refractivity contribution in [1.82, 2.24) is 15.1 Å². The molecule has 2 N–H and O–H groups in total. The number of carbonyl (C=O) groups is 2. The zero-order chi connectivity index (χ0) is 12.8. The second-order valence-corrected chi connectivity index (χ2v) is 3.68. The van der Waals surface area contributed by atoms with Gasteiger partial charge in [-0.2, -0.15) is 5.10 Å². The van der Waals surface area contributed by atoms with Gasteiger partial charge in [-0.3, -0.25) is 14.3 Å². The van der Waals surface area contributed by atoms with Crippen LogP contribution in [0.3, 0.4) is 0 Å². The van der Waals surface area contributed by atoms with Crippen LogP contribution in [0.2, 0.25) is 0 Å². The summed E-state index contributed by atoms with van der Waals surface area (Å²) in [5.74, 6) is -0.312. The Kier molecular flexibility index (Phi) is 4.68. The van der Waals surface area contributed by atoms with Crippen LogP contribution in [0.25, 0.3) is 0 Å². The van der Waals surface area contributed by atoms with Crippen molar-refractivity contribution in [3.63, 3.8) is 0 Å². The average molecular weight is 238 g/mol. The van der Waals surface area contributed by atoms with E-state index in [1.807, 2.05) is 13.8 Å². The van der Waals surface area contributed by atoms with E-state index in [1.54, 1.807) is 17.9 Å². The molecule has 1 aromatic rings. The molecule has 94 valence electrons. The molecule has 0 aliphatic carbocycles. The van der Waals surface area contributed by atoms with E-state index in [1.165, 1.54) is 0 Å². The van der Waals surface area contributed by atoms with Crippen LogP contribution >= 0.6 is 0 Å². The Bertz CT molecular complexity index is 412. The highest BCUT2D eigenvalue weighted by Gasteiger charge is 2.10. The van der Waals surface area contributed by atoms with E-state index >= 15 is 0 Å². The van der Waals surface area contributed by atoms with Gasteiger partial charge in [0.15, 0.2) is 0 Å². The van der Waals surface area contributed by atoms with E-state index in [4.69, 9.17) is 0 Å². The number of aryl methyl sites for hydroxylation is 1. The highest BCUT2D eigenvalue weighted by molar-refractivity contribution is 5.93. The molecule has 1 rings (SSSR count). The highest BCUT2D eigenvalue weighted by atomic mass is 16.2. The molecule has 0 radical (unpaired) electrons. The Morgan fingerprint density at radius 3 is 2.53 bits per heavy atom. The van der Waals surface area contributed by atoms with Crippen LogP contribution in [-0.4, -0.2) is 28.6 Å². The van der Waals surface area contributed by atoms with Crippen molar-refractivity contribution < 1.29 is 9.59 Å². The topological polar surface area (TPSA) is 76.0 Å². The number of anilines is 1. The summed E-state index contributed by atoms with van der Waals surface area (Å²) >= 11 is 0. The molecule has 1 heterocycles. The van der Waals surface area contributed by atoms with Crippen molar-refractivity contribution in [2.75, 3.05) is 12.4 Å². The van der Waals surface area contributed by atoms with Crippen molar-refractivity contribution in [1.29, 1.82) is 0 Å². The molecule has 0 aliphatic rings. The van der Waals surface area contributed by atoms with Crippen LogP contribution in [0.5, 0.6) is 0 Å². The van der Waals surface area contributed by atoms with Gasteiger partial charge in [-0.05, 0) is 13.8 Å². The number of carbonyl (C=O) groups excluding carboxylic acids is 2. The smallest absolute Gasteiger partial charge is 0.224 e. The molecule has 0 aliphatic heterocycles. The molecule has 6 nitrogen and oxygen atoms in total. The summed E-state index contributed by atoms with van der Waals surface area (Å²) in [5.41, 5.74) is 1.62. The normalized spacial score (nSPS) is 10.1. The number of aromatic nitrogens is 2. The van der Waals surface area contributed by atoms with Gasteiger partial charge in [0, 0.05) is 26.4 Å². The number of nitrogens with one attached hydrogen (secondary N) is 2. The first-order valence-electron chi connectivity index (χ1n) is 5.61. The van der Waals surface area contributed by atoms with Gasteiger partial charge in [0.25, 0.3) is 0 Å². The Morgan fingerprint density at radius 1 is 1.35 bits per heavy atom. The van der Waals surface area contributed by atoms with Gasteiger partial charge in [-0.15, -0.1) is 0 Å². The van der Waals surface area contributed by atoms with Crippen molar-refractivity contribution in [2.45, 2.75) is 33.2 Å². The fraction of sp³-hybridized carbons (Fsp3) is 0.545. The molecular weight excluding hydrogens is 220 g/mol. The largest absolute Gasteiger partial charge is 0.359 e. The van der Waals surface area contributed by atoms with Crippen molar-refractivity contribution in [3.05, 3.63) is 11.9 Å². The molecule has 0 bridgehead atoms. The fourth-order valence-electron chi connectivity index (χ4n) is 1.45. The lowest BCUT2D eigenvalue weighted by molar-refractivity contribution is -0.124. The van der Waals surface area contributed by atoms with E-state index in [0.29, 0.717) is 5.69 Å². The maximum Gasteiger partial charge on any atom is 0.224 e. The third-order valence-corrected chi connectivity index (χ3v) is 2.53. The third-order valence-electron chi connectivity index (χ3n) is 2.53. The van der Waals surface area contributed by atoms with Gasteiger partial charge in [0.05, 0.1) is 17.6 Å². The Labute approximate surface area is 100 Å². The number of amides is 2. The summed E-state index contributed by atoms with van der Waals surface area (Å²) in [7, 11) is 1.55. The quantitative estimate of drug-likeness (QED) is 0.791. The minimum Gasteiger partial charge on any atom is -0.359 e. The molecule has 0 saturated carbocycles. The molecule has 0 atom stereocenters. The summed E-state index contributed by atoms with van der Waals surface area (Å²) < 4.78 is 1.80. The van der Waals surface area contributed by atoms with Crippen LogP contribution < -0.4 is 10.6 Å². The number of rotatable bonds is 5. The van der Waals surface area contributed by atoms with Crippen LogP contribution in [0.15, 0.2) is 6.20 Å². The number of hydrogen-bond donors (Lipinski definition) is 2. The minimum atomic E-state index is -0.174. The van der Waals surface area contributed by atoms with E-state index in [0.717, 1.165) is 12.2 Å². The van der Waals surface area contributed by atoms with Gasteiger partial charge >= 0.3 is 0 Å². The summed E-state index contributed by atoms with van der Waals surface area (Å²) in [4.78, 5) is 22.5. The SMILES string of the molecule is CCn1ncc(NC(=O)CCC(=O)NC)c1C. The number of hydrogen-bond acceptors (Lipinski definition) is 3. The fourth-order valence-corrected chi connectivity index (χ4v) is 1.45. The van der Waals surface area contributed by atoms with Crippen LogP contribution in [0, 0.1) is 6.92 Å². The molecule has 0 unspecified atom stereocenters. The molecule has 0 saturated heterocycles. The van der Waals surface area contributed by atoms with Crippen molar-refractivity contribution in [2.24, 2.45) is 0 Å². The van der Waals surface area contributed by atoms with Gasteiger partial charge < -0.3 is 10.6 Å². The first-order chi connectivity index (χ1) is 8.08. The molecule has 2 amide bonds. The Balaban J connectivity index is 2.50. The monoisotopic (exact) mass is 238 g/mol. The molecule has 17 heavy (non-hydrogen) atoms. The highest BCUT2D eigenvalue weighted by Crippen LogP contribution is 2.13. The second-order valence-electron chi connectivity index (χ2n) is 3.68. The van der Waals surface area contributed by atoms with E-state index in [-0.39, 0.29) is 24.7 Å². The molecule has 0 spiro atoms. The van der Waals surface area contributed by atoms with Gasteiger partial charge in [-0.25, -0.2) is 0 Å². The number of nitrogens with zero attached hydrogens (tertiary/aromatic N) is 2. The van der Waals surface area contributed by atoms with E-state index in [2.05, 4.69) is 15.7 Å². The zero-order valence-corrected chi connectivity index (χ0v) is 10.4. The summed E-state index contributed by atoms with van der Waals surface area (Å²) in [6.07, 6.45) is 2.00. The first kappa shape index (κ1) is 13.2. The molecule has 0 aromatic carbocycles. The first-order valence-corrected chi connectivity index (χ1v) is 5.61. The lowest BCUT2D eigenvalue weighted by Gasteiger charge is -2.04. The van der Waals surface area contributed by atoms with Gasteiger partial charge in [-0.1, -0.05) is 0 Å². The Morgan fingerprint density at radius 2 is 2.00 bits per heavy atom. The molecule has 6 heteroatoms. The zero-order valence-electron chi connectivity index (χ0n) is 10.4. The van der Waals surface area contributed by atoms with Gasteiger partial charge in [0.1, 0.15) is 0 Å². The molecule has 0 fully saturated rings. The third kappa shape index (κ3) is 3.58. The predicted octanol–water partition coefficient (Wildman–Crippen LogP) is 0.676. The summed E-state index contributed by atoms with van der Waals surface area (Å²) in [5, 5.41) is 9.34. The summed E-state index contributed by atoms with van der Waals surface area (Å²) in [6, 6.07) is 0. The Hall–Kier alpha value is -1.85. The van der Waals surface area contributed by atoms with Crippen LogP contribution in [0.1, 0.15) is 25.5 Å².